The van der Waals surface area contributed by atoms with E-state index in [1.807, 2.05) is 12.1 Å². The second-order valence-electron chi connectivity index (χ2n) is 8.91. The summed E-state index contributed by atoms with van der Waals surface area (Å²) in [6.07, 6.45) is 5.84. The van der Waals surface area contributed by atoms with Crippen LogP contribution in [-0.2, 0) is 11.3 Å². The van der Waals surface area contributed by atoms with E-state index in [4.69, 9.17) is 0 Å². The van der Waals surface area contributed by atoms with Crippen LogP contribution in [0.5, 0.6) is 0 Å². The van der Waals surface area contributed by atoms with E-state index in [1.165, 1.54) is 17.2 Å². The standard InChI is InChI=1S/C25H28FN5O/c1-29(2)22(32)15-31-11-4-5-16(9-12-31)24-20-14-30(3)21-7-6-17(26)13-19(21)18-8-10-27-25(28-24)23(18)20/h5-8,10,13H,4,9,11-12,14-15H2,1-3H3,(H,27,28). The minimum atomic E-state index is -0.236. The average Bonchev–Trinajstić information content (AvgIpc) is 2.90. The van der Waals surface area contributed by atoms with Crippen LogP contribution < -0.4 is 4.90 Å². The first-order valence-corrected chi connectivity index (χ1v) is 11.0. The lowest BCUT2D eigenvalue weighted by atomic mass is 9.98. The zero-order chi connectivity index (χ0) is 22.4. The molecular weight excluding hydrogens is 405 g/mol. The summed E-state index contributed by atoms with van der Waals surface area (Å²) >= 11 is 0. The highest BCUT2D eigenvalue weighted by atomic mass is 19.1. The number of likely N-dealkylation sites (N-methyl/N-ethyl adjacent to an activating group) is 1. The van der Waals surface area contributed by atoms with Crippen LogP contribution in [0.15, 0.2) is 36.5 Å². The molecule has 0 aliphatic carbocycles. The summed E-state index contributed by atoms with van der Waals surface area (Å²) < 4.78 is 14.1. The molecule has 1 aromatic carbocycles. The largest absolute Gasteiger partial charge is 0.370 e. The average molecular weight is 434 g/mol. The number of carbonyl (C=O) groups is 1. The summed E-state index contributed by atoms with van der Waals surface area (Å²) in [7, 11) is 5.65. The number of carbonyl (C=O) groups excluding carboxylic acids is 1. The fourth-order valence-electron chi connectivity index (χ4n) is 4.85. The van der Waals surface area contributed by atoms with Crippen LogP contribution in [0, 0.1) is 5.82 Å². The van der Waals surface area contributed by atoms with Crippen molar-refractivity contribution in [3.05, 3.63) is 53.6 Å². The molecule has 166 valence electrons. The van der Waals surface area contributed by atoms with E-state index in [-0.39, 0.29) is 11.7 Å². The highest BCUT2D eigenvalue weighted by Gasteiger charge is 2.26. The minimum Gasteiger partial charge on any atom is -0.370 e. The quantitative estimate of drug-likeness (QED) is 0.681. The normalized spacial score (nSPS) is 16.4. The van der Waals surface area contributed by atoms with Crippen molar-refractivity contribution in [3.8, 4) is 11.1 Å². The van der Waals surface area contributed by atoms with Gasteiger partial charge in [-0.3, -0.25) is 9.69 Å². The van der Waals surface area contributed by atoms with Crippen molar-refractivity contribution in [1.82, 2.24) is 19.8 Å². The topological polar surface area (TPSA) is 55.5 Å². The predicted octanol–water partition coefficient (Wildman–Crippen LogP) is 3.89. The summed E-state index contributed by atoms with van der Waals surface area (Å²) in [6.45, 7) is 2.87. The molecule has 0 atom stereocenters. The Morgan fingerprint density at radius 3 is 2.88 bits per heavy atom. The molecule has 1 amide bonds. The van der Waals surface area contributed by atoms with E-state index in [9.17, 15) is 9.18 Å². The number of pyridine rings is 1. The first-order valence-electron chi connectivity index (χ1n) is 11.0. The fourth-order valence-corrected chi connectivity index (χ4v) is 4.85. The number of aromatic nitrogens is 2. The second kappa shape index (κ2) is 8.06. The van der Waals surface area contributed by atoms with Gasteiger partial charge in [-0.1, -0.05) is 6.08 Å². The number of hydrogen-bond donors (Lipinski definition) is 1. The van der Waals surface area contributed by atoms with E-state index < -0.39 is 0 Å². The Labute approximate surface area is 187 Å². The molecule has 0 saturated carbocycles. The second-order valence-corrected chi connectivity index (χ2v) is 8.91. The summed E-state index contributed by atoms with van der Waals surface area (Å²) in [4.78, 5) is 26.4. The van der Waals surface area contributed by atoms with Crippen molar-refractivity contribution in [2.75, 3.05) is 45.7 Å². The van der Waals surface area contributed by atoms with Crippen LogP contribution in [0.4, 0.5) is 10.1 Å². The van der Waals surface area contributed by atoms with Gasteiger partial charge in [0.05, 0.1) is 6.54 Å². The Morgan fingerprint density at radius 1 is 1.22 bits per heavy atom. The number of amides is 1. The molecule has 1 N–H and O–H groups in total. The molecule has 5 rings (SSSR count). The molecule has 0 unspecified atom stereocenters. The van der Waals surface area contributed by atoms with Crippen LogP contribution in [-0.4, -0.2) is 66.5 Å². The van der Waals surface area contributed by atoms with Crippen molar-refractivity contribution >= 4 is 28.2 Å². The van der Waals surface area contributed by atoms with E-state index in [0.717, 1.165) is 59.5 Å². The third-order valence-electron chi connectivity index (χ3n) is 6.57. The Hall–Kier alpha value is -3.19. The number of anilines is 1. The van der Waals surface area contributed by atoms with Gasteiger partial charge in [-0.15, -0.1) is 0 Å². The van der Waals surface area contributed by atoms with Gasteiger partial charge in [-0.2, -0.15) is 0 Å². The monoisotopic (exact) mass is 433 g/mol. The van der Waals surface area contributed by atoms with Gasteiger partial charge in [0.15, 0.2) is 0 Å². The van der Waals surface area contributed by atoms with Crippen LogP contribution in [0.1, 0.15) is 24.1 Å². The molecule has 6 nitrogen and oxygen atoms in total. The Bertz CT molecular complexity index is 1230. The number of halogens is 1. The summed E-state index contributed by atoms with van der Waals surface area (Å²) in [5.41, 5.74) is 7.33. The highest BCUT2D eigenvalue weighted by Crippen LogP contribution is 2.43. The molecule has 2 aromatic heterocycles. The zero-order valence-corrected chi connectivity index (χ0v) is 18.8. The molecule has 32 heavy (non-hydrogen) atoms. The number of fused-ring (bicyclic) bond motifs is 2. The van der Waals surface area contributed by atoms with Crippen molar-refractivity contribution in [2.45, 2.75) is 19.4 Å². The molecule has 0 fully saturated rings. The van der Waals surface area contributed by atoms with Gasteiger partial charge in [-0.05, 0) is 48.2 Å². The molecule has 0 bridgehead atoms. The number of rotatable bonds is 3. The van der Waals surface area contributed by atoms with E-state index in [1.54, 1.807) is 31.3 Å². The summed E-state index contributed by atoms with van der Waals surface area (Å²) in [5.74, 6) is -0.105. The molecular formula is C25H28FN5O. The van der Waals surface area contributed by atoms with E-state index >= 15 is 0 Å². The molecule has 7 heteroatoms. The van der Waals surface area contributed by atoms with Crippen LogP contribution in [0.25, 0.3) is 27.7 Å². The summed E-state index contributed by atoms with van der Waals surface area (Å²) in [6, 6.07) is 6.98. The van der Waals surface area contributed by atoms with E-state index in [0.29, 0.717) is 13.1 Å². The lowest BCUT2D eigenvalue weighted by Crippen LogP contribution is -2.37. The Kier molecular flexibility index (Phi) is 5.21. The Balaban J connectivity index is 1.53. The number of H-pyrrole nitrogens is 1. The van der Waals surface area contributed by atoms with Crippen LogP contribution >= 0.6 is 0 Å². The molecule has 2 aliphatic heterocycles. The van der Waals surface area contributed by atoms with Gasteiger partial charge in [0, 0.05) is 74.9 Å². The van der Waals surface area contributed by atoms with Gasteiger partial charge in [0.1, 0.15) is 11.5 Å². The predicted molar refractivity (Wildman–Crippen MR) is 126 cm³/mol. The first-order chi connectivity index (χ1) is 15.4. The third kappa shape index (κ3) is 3.56. The maximum absolute atomic E-state index is 14.1. The minimum absolute atomic E-state index is 0.131. The number of nitrogens with one attached hydrogen (secondary N) is 1. The summed E-state index contributed by atoms with van der Waals surface area (Å²) in [5, 5.41) is 1.07. The van der Waals surface area contributed by atoms with Crippen molar-refractivity contribution in [3.63, 3.8) is 0 Å². The zero-order valence-electron chi connectivity index (χ0n) is 18.8. The number of nitrogens with zero attached hydrogens (tertiary/aromatic N) is 4. The lowest BCUT2D eigenvalue weighted by Gasteiger charge is -2.22. The smallest absolute Gasteiger partial charge is 0.236 e. The Morgan fingerprint density at radius 2 is 2.06 bits per heavy atom. The van der Waals surface area contributed by atoms with Crippen molar-refractivity contribution in [1.29, 1.82) is 0 Å². The number of aromatic amines is 1. The van der Waals surface area contributed by atoms with Gasteiger partial charge in [0.2, 0.25) is 5.91 Å². The number of benzene rings is 1. The van der Waals surface area contributed by atoms with Gasteiger partial charge in [-0.25, -0.2) is 9.37 Å². The third-order valence-corrected chi connectivity index (χ3v) is 6.57. The molecule has 3 aromatic rings. The SMILES string of the molecule is CN(C)C(=O)CN1CCC=C(c2[nH]c3nccc4c3c2CN(C)c2ccc(F)cc2-4)CC1. The van der Waals surface area contributed by atoms with Gasteiger partial charge >= 0.3 is 0 Å². The van der Waals surface area contributed by atoms with Gasteiger partial charge < -0.3 is 14.8 Å². The molecule has 4 heterocycles. The first kappa shape index (κ1) is 20.7. The molecule has 2 aliphatic rings. The van der Waals surface area contributed by atoms with Crippen molar-refractivity contribution < 1.29 is 9.18 Å². The highest BCUT2D eigenvalue weighted by molar-refractivity contribution is 6.02. The molecule has 0 radical (unpaired) electrons. The molecule has 0 saturated heterocycles. The maximum atomic E-state index is 14.1. The van der Waals surface area contributed by atoms with E-state index in [2.05, 4.69) is 32.9 Å². The fraction of sp³-hybridized carbons (Fsp3) is 0.360. The number of hydrogen-bond acceptors (Lipinski definition) is 4. The van der Waals surface area contributed by atoms with Crippen LogP contribution in [0.2, 0.25) is 0 Å². The van der Waals surface area contributed by atoms with Crippen molar-refractivity contribution in [2.24, 2.45) is 0 Å². The van der Waals surface area contributed by atoms with Gasteiger partial charge in [0.25, 0.3) is 0 Å². The lowest BCUT2D eigenvalue weighted by molar-refractivity contribution is -0.129. The molecule has 0 spiro atoms. The van der Waals surface area contributed by atoms with Crippen LogP contribution in [0.3, 0.4) is 0 Å². The maximum Gasteiger partial charge on any atom is 0.236 e.